The van der Waals surface area contributed by atoms with Crippen LogP contribution >= 0.6 is 11.3 Å². The monoisotopic (exact) mass is 476 g/mol. The zero-order valence-corrected chi connectivity index (χ0v) is 19.9. The van der Waals surface area contributed by atoms with E-state index in [2.05, 4.69) is 10.6 Å². The second kappa shape index (κ2) is 11.1. The van der Waals surface area contributed by atoms with Crippen molar-refractivity contribution in [3.05, 3.63) is 87.6 Å². The van der Waals surface area contributed by atoms with Gasteiger partial charge in [0.05, 0.1) is 22.7 Å². The third-order valence-corrected chi connectivity index (χ3v) is 6.71. The lowest BCUT2D eigenvalue weighted by Gasteiger charge is -2.34. The number of para-hydroxylation sites is 1. The number of rotatable bonds is 7. The van der Waals surface area contributed by atoms with Gasteiger partial charge in [0.2, 0.25) is 5.91 Å². The first-order valence-corrected chi connectivity index (χ1v) is 12.1. The van der Waals surface area contributed by atoms with Crippen molar-refractivity contribution in [2.24, 2.45) is 0 Å². The number of carbonyl (C=O) groups excluding carboxylic acids is 3. The van der Waals surface area contributed by atoms with E-state index in [1.54, 1.807) is 24.3 Å². The molecule has 2 heterocycles. The zero-order valence-electron chi connectivity index (χ0n) is 19.1. The van der Waals surface area contributed by atoms with Gasteiger partial charge in [-0.1, -0.05) is 42.5 Å². The van der Waals surface area contributed by atoms with Crippen molar-refractivity contribution in [2.45, 2.75) is 13.5 Å². The Balaban J connectivity index is 1.28. The standard InChI is InChI=1S/C26H28N4O3S/c1-19-11-12-23(34-19)26(33)30-15-13-29(14-16-30)18-24(31)28-22-10-6-5-9-21(22)25(32)27-17-20-7-3-2-4-8-20/h2-12H,13-18H2,1H3,(H,27,32)(H,28,31). The first-order chi connectivity index (χ1) is 16.5. The van der Waals surface area contributed by atoms with Crippen molar-refractivity contribution in [2.75, 3.05) is 38.0 Å². The van der Waals surface area contributed by atoms with Crippen molar-refractivity contribution in [1.82, 2.24) is 15.1 Å². The number of aryl methyl sites for hydroxylation is 1. The van der Waals surface area contributed by atoms with Gasteiger partial charge in [-0.3, -0.25) is 19.3 Å². The SMILES string of the molecule is Cc1ccc(C(=O)N2CCN(CC(=O)Nc3ccccc3C(=O)NCc3ccccc3)CC2)s1. The van der Waals surface area contributed by atoms with Gasteiger partial charge in [0, 0.05) is 37.6 Å². The molecular weight excluding hydrogens is 448 g/mol. The number of hydrogen-bond donors (Lipinski definition) is 2. The van der Waals surface area contributed by atoms with E-state index in [0.717, 1.165) is 15.3 Å². The Bertz CT molecular complexity index is 1150. The summed E-state index contributed by atoms with van der Waals surface area (Å²) >= 11 is 1.51. The average Bonchev–Trinajstić information content (AvgIpc) is 3.30. The number of nitrogens with one attached hydrogen (secondary N) is 2. The summed E-state index contributed by atoms with van der Waals surface area (Å²) < 4.78 is 0. The number of piperazine rings is 1. The van der Waals surface area contributed by atoms with Crippen LogP contribution in [0.3, 0.4) is 0 Å². The lowest BCUT2D eigenvalue weighted by molar-refractivity contribution is -0.117. The first kappa shape index (κ1) is 23.7. The van der Waals surface area contributed by atoms with Crippen LogP contribution in [-0.4, -0.2) is 60.2 Å². The number of anilines is 1. The number of carbonyl (C=O) groups is 3. The smallest absolute Gasteiger partial charge is 0.264 e. The molecule has 176 valence electrons. The Kier molecular flexibility index (Phi) is 7.72. The van der Waals surface area contributed by atoms with Gasteiger partial charge in [-0.05, 0) is 36.8 Å². The van der Waals surface area contributed by atoms with Gasteiger partial charge in [0.1, 0.15) is 0 Å². The van der Waals surface area contributed by atoms with E-state index in [0.29, 0.717) is 44.0 Å². The van der Waals surface area contributed by atoms with Gasteiger partial charge in [-0.15, -0.1) is 11.3 Å². The molecule has 0 atom stereocenters. The maximum absolute atomic E-state index is 12.7. The van der Waals surface area contributed by atoms with Crippen molar-refractivity contribution in [3.8, 4) is 0 Å². The number of nitrogens with zero attached hydrogens (tertiary/aromatic N) is 2. The lowest BCUT2D eigenvalue weighted by Crippen LogP contribution is -2.50. The summed E-state index contributed by atoms with van der Waals surface area (Å²) in [6.45, 7) is 5.04. The second-order valence-corrected chi connectivity index (χ2v) is 9.53. The van der Waals surface area contributed by atoms with Crippen LogP contribution in [0.4, 0.5) is 5.69 Å². The Labute approximate surface area is 203 Å². The summed E-state index contributed by atoms with van der Waals surface area (Å²) in [7, 11) is 0. The van der Waals surface area contributed by atoms with E-state index in [1.165, 1.54) is 11.3 Å². The molecule has 0 spiro atoms. The van der Waals surface area contributed by atoms with E-state index in [9.17, 15) is 14.4 Å². The van der Waals surface area contributed by atoms with E-state index < -0.39 is 0 Å². The molecule has 1 fully saturated rings. The zero-order chi connectivity index (χ0) is 23.9. The molecule has 7 nitrogen and oxygen atoms in total. The Morgan fingerprint density at radius 1 is 0.882 bits per heavy atom. The molecule has 1 aliphatic heterocycles. The van der Waals surface area contributed by atoms with Gasteiger partial charge in [-0.25, -0.2) is 0 Å². The summed E-state index contributed by atoms with van der Waals surface area (Å²) in [6, 6.07) is 20.5. The molecule has 3 aromatic rings. The minimum Gasteiger partial charge on any atom is -0.348 e. The maximum Gasteiger partial charge on any atom is 0.264 e. The third-order valence-electron chi connectivity index (χ3n) is 5.72. The predicted octanol–water partition coefficient (Wildman–Crippen LogP) is 3.38. The van der Waals surface area contributed by atoms with Gasteiger partial charge in [-0.2, -0.15) is 0 Å². The van der Waals surface area contributed by atoms with Crippen LogP contribution < -0.4 is 10.6 Å². The Morgan fingerprint density at radius 2 is 1.59 bits per heavy atom. The van der Waals surface area contributed by atoms with Gasteiger partial charge in [0.15, 0.2) is 0 Å². The Hall–Kier alpha value is -3.49. The maximum atomic E-state index is 12.7. The molecule has 1 aromatic heterocycles. The van der Waals surface area contributed by atoms with Crippen LogP contribution in [0.25, 0.3) is 0 Å². The number of amides is 3. The van der Waals surface area contributed by atoms with Crippen LogP contribution in [0.2, 0.25) is 0 Å². The summed E-state index contributed by atoms with van der Waals surface area (Å²) in [5, 5.41) is 5.78. The van der Waals surface area contributed by atoms with E-state index in [1.807, 2.05) is 59.2 Å². The lowest BCUT2D eigenvalue weighted by atomic mass is 10.1. The molecule has 4 rings (SSSR count). The van der Waals surface area contributed by atoms with Crippen molar-refractivity contribution < 1.29 is 14.4 Å². The fourth-order valence-electron chi connectivity index (χ4n) is 3.87. The summed E-state index contributed by atoms with van der Waals surface area (Å²) in [4.78, 5) is 43.8. The van der Waals surface area contributed by atoms with Crippen molar-refractivity contribution in [1.29, 1.82) is 0 Å². The average molecular weight is 477 g/mol. The first-order valence-electron chi connectivity index (χ1n) is 11.3. The minimum absolute atomic E-state index is 0.0534. The van der Waals surface area contributed by atoms with E-state index in [-0.39, 0.29) is 24.3 Å². The van der Waals surface area contributed by atoms with Gasteiger partial charge >= 0.3 is 0 Å². The van der Waals surface area contributed by atoms with Crippen LogP contribution in [0.15, 0.2) is 66.7 Å². The molecule has 1 saturated heterocycles. The molecule has 2 N–H and O–H groups in total. The number of hydrogen-bond acceptors (Lipinski definition) is 5. The van der Waals surface area contributed by atoms with Crippen molar-refractivity contribution >= 4 is 34.7 Å². The summed E-state index contributed by atoms with van der Waals surface area (Å²) in [5.74, 6) is -0.370. The molecule has 0 unspecified atom stereocenters. The highest BCUT2D eigenvalue weighted by Crippen LogP contribution is 2.19. The van der Waals surface area contributed by atoms with Crippen LogP contribution in [-0.2, 0) is 11.3 Å². The van der Waals surface area contributed by atoms with Crippen LogP contribution in [0, 0.1) is 6.92 Å². The predicted molar refractivity (Wildman–Crippen MR) is 134 cm³/mol. The molecule has 0 saturated carbocycles. The fraction of sp³-hybridized carbons (Fsp3) is 0.269. The summed E-state index contributed by atoms with van der Waals surface area (Å²) in [6.07, 6.45) is 0. The highest BCUT2D eigenvalue weighted by Gasteiger charge is 2.24. The Morgan fingerprint density at radius 3 is 2.29 bits per heavy atom. The van der Waals surface area contributed by atoms with Gasteiger partial charge < -0.3 is 15.5 Å². The highest BCUT2D eigenvalue weighted by molar-refractivity contribution is 7.13. The molecule has 3 amide bonds. The molecule has 8 heteroatoms. The minimum atomic E-state index is -0.240. The van der Waals surface area contributed by atoms with E-state index >= 15 is 0 Å². The fourth-order valence-corrected chi connectivity index (χ4v) is 4.71. The summed E-state index contributed by atoms with van der Waals surface area (Å²) in [5.41, 5.74) is 1.91. The highest BCUT2D eigenvalue weighted by atomic mass is 32.1. The van der Waals surface area contributed by atoms with Crippen molar-refractivity contribution in [3.63, 3.8) is 0 Å². The topological polar surface area (TPSA) is 81.8 Å². The largest absolute Gasteiger partial charge is 0.348 e. The third kappa shape index (κ3) is 6.09. The molecule has 0 bridgehead atoms. The molecule has 34 heavy (non-hydrogen) atoms. The van der Waals surface area contributed by atoms with Crippen LogP contribution in [0.5, 0.6) is 0 Å². The van der Waals surface area contributed by atoms with E-state index in [4.69, 9.17) is 0 Å². The quantitative estimate of drug-likeness (QED) is 0.548. The molecule has 1 aliphatic rings. The molecular formula is C26H28N4O3S. The number of thiophene rings is 1. The van der Waals surface area contributed by atoms with Gasteiger partial charge in [0.25, 0.3) is 11.8 Å². The second-order valence-electron chi connectivity index (χ2n) is 8.24. The molecule has 0 radical (unpaired) electrons. The normalized spacial score (nSPS) is 14.0. The molecule has 0 aliphatic carbocycles. The number of benzene rings is 2. The van der Waals surface area contributed by atoms with Crippen LogP contribution in [0.1, 0.15) is 30.5 Å². The molecule has 2 aromatic carbocycles.